The molecule has 2 aromatic carbocycles. The molecular formula is C18H15FN2O2. The summed E-state index contributed by atoms with van der Waals surface area (Å²) in [6.45, 7) is 0.453. The number of hydrogen-bond acceptors (Lipinski definition) is 2. The van der Waals surface area contributed by atoms with Gasteiger partial charge in [-0.2, -0.15) is 0 Å². The van der Waals surface area contributed by atoms with Gasteiger partial charge in [0.05, 0.1) is 0 Å². The highest BCUT2D eigenvalue weighted by atomic mass is 19.1. The number of aromatic nitrogens is 1. The molecule has 0 saturated carbocycles. The van der Waals surface area contributed by atoms with Gasteiger partial charge in [0, 0.05) is 29.2 Å². The van der Waals surface area contributed by atoms with Gasteiger partial charge in [0.25, 0.3) is 0 Å². The highest BCUT2D eigenvalue weighted by Crippen LogP contribution is 2.19. The standard InChI is InChI=1S/C18H15FN2O2/c19-15-7-5-13(6-8-15)9-20-18(23)11-21-10-14(12-22)16-3-1-2-4-17(16)21/h1-8,10,12H,9,11H2,(H,20,23). The van der Waals surface area contributed by atoms with Crippen molar-refractivity contribution in [2.45, 2.75) is 13.1 Å². The van der Waals surface area contributed by atoms with Crippen molar-refractivity contribution in [2.24, 2.45) is 0 Å². The van der Waals surface area contributed by atoms with E-state index in [2.05, 4.69) is 5.32 Å². The molecule has 0 bridgehead atoms. The fraction of sp³-hybridized carbons (Fsp3) is 0.111. The van der Waals surface area contributed by atoms with Gasteiger partial charge >= 0.3 is 0 Å². The van der Waals surface area contributed by atoms with Crippen LogP contribution in [0.2, 0.25) is 0 Å². The summed E-state index contributed by atoms with van der Waals surface area (Å²) in [5.74, 6) is -0.479. The van der Waals surface area contributed by atoms with Crippen LogP contribution in [0, 0.1) is 5.82 Å². The third-order valence-corrected chi connectivity index (χ3v) is 3.66. The Bertz CT molecular complexity index is 853. The third kappa shape index (κ3) is 3.29. The molecule has 1 heterocycles. The number of para-hydroxylation sites is 1. The van der Waals surface area contributed by atoms with Crippen LogP contribution in [0.15, 0.2) is 54.7 Å². The van der Waals surface area contributed by atoms with Crippen molar-refractivity contribution < 1.29 is 14.0 Å². The van der Waals surface area contributed by atoms with Gasteiger partial charge in [-0.25, -0.2) is 4.39 Å². The normalized spacial score (nSPS) is 10.7. The molecular weight excluding hydrogens is 295 g/mol. The van der Waals surface area contributed by atoms with E-state index in [0.717, 1.165) is 22.8 Å². The summed E-state index contributed by atoms with van der Waals surface area (Å²) in [5.41, 5.74) is 2.23. The summed E-state index contributed by atoms with van der Waals surface area (Å²) in [7, 11) is 0. The fourth-order valence-corrected chi connectivity index (χ4v) is 2.51. The van der Waals surface area contributed by atoms with Crippen molar-refractivity contribution in [1.29, 1.82) is 0 Å². The zero-order valence-electron chi connectivity index (χ0n) is 12.3. The molecule has 0 saturated heterocycles. The minimum absolute atomic E-state index is 0.121. The van der Waals surface area contributed by atoms with E-state index in [9.17, 15) is 14.0 Å². The lowest BCUT2D eigenvalue weighted by atomic mass is 10.2. The zero-order chi connectivity index (χ0) is 16.2. The van der Waals surface area contributed by atoms with Crippen LogP contribution in [0.5, 0.6) is 0 Å². The SMILES string of the molecule is O=Cc1cn(CC(=O)NCc2ccc(F)cc2)c2ccccc12. The van der Waals surface area contributed by atoms with Gasteiger partial charge in [0.15, 0.2) is 6.29 Å². The van der Waals surface area contributed by atoms with Crippen LogP contribution in [0.4, 0.5) is 4.39 Å². The second-order valence-electron chi connectivity index (χ2n) is 5.25. The van der Waals surface area contributed by atoms with E-state index in [1.54, 1.807) is 22.9 Å². The van der Waals surface area contributed by atoms with Crippen molar-refractivity contribution in [3.05, 3.63) is 71.7 Å². The first kappa shape index (κ1) is 15.0. The number of rotatable bonds is 5. The van der Waals surface area contributed by atoms with E-state index >= 15 is 0 Å². The first-order chi connectivity index (χ1) is 11.2. The number of halogens is 1. The third-order valence-electron chi connectivity index (χ3n) is 3.66. The van der Waals surface area contributed by atoms with Gasteiger partial charge in [-0.15, -0.1) is 0 Å². The number of nitrogens with zero attached hydrogens (tertiary/aromatic N) is 1. The minimum Gasteiger partial charge on any atom is -0.350 e. The van der Waals surface area contributed by atoms with E-state index in [1.165, 1.54) is 12.1 Å². The van der Waals surface area contributed by atoms with E-state index in [1.807, 2.05) is 24.3 Å². The van der Waals surface area contributed by atoms with Crippen molar-refractivity contribution in [3.8, 4) is 0 Å². The second kappa shape index (κ2) is 6.44. The molecule has 0 aliphatic carbocycles. The predicted molar refractivity (Wildman–Crippen MR) is 85.6 cm³/mol. The molecule has 0 aliphatic rings. The number of nitrogens with one attached hydrogen (secondary N) is 1. The lowest BCUT2D eigenvalue weighted by Crippen LogP contribution is -2.26. The molecule has 3 rings (SSSR count). The second-order valence-corrected chi connectivity index (χ2v) is 5.25. The van der Waals surface area contributed by atoms with E-state index < -0.39 is 0 Å². The van der Waals surface area contributed by atoms with Crippen molar-refractivity contribution in [1.82, 2.24) is 9.88 Å². The molecule has 1 aromatic heterocycles. The number of aldehydes is 1. The Kier molecular flexibility index (Phi) is 4.19. The lowest BCUT2D eigenvalue weighted by Gasteiger charge is -2.07. The summed E-state index contributed by atoms with van der Waals surface area (Å²) >= 11 is 0. The Balaban J connectivity index is 1.70. The van der Waals surface area contributed by atoms with Crippen LogP contribution in [0.3, 0.4) is 0 Å². The molecule has 0 unspecified atom stereocenters. The van der Waals surface area contributed by atoms with Gasteiger partial charge in [-0.3, -0.25) is 9.59 Å². The van der Waals surface area contributed by atoms with Crippen molar-refractivity contribution in [2.75, 3.05) is 0 Å². The molecule has 23 heavy (non-hydrogen) atoms. The summed E-state index contributed by atoms with van der Waals surface area (Å²) in [6, 6.07) is 13.4. The van der Waals surface area contributed by atoms with E-state index in [-0.39, 0.29) is 18.3 Å². The van der Waals surface area contributed by atoms with Gasteiger partial charge in [0.1, 0.15) is 12.4 Å². The number of fused-ring (bicyclic) bond motifs is 1. The van der Waals surface area contributed by atoms with Crippen LogP contribution < -0.4 is 5.32 Å². The Morgan fingerprint density at radius 1 is 1.13 bits per heavy atom. The fourth-order valence-electron chi connectivity index (χ4n) is 2.51. The zero-order valence-corrected chi connectivity index (χ0v) is 12.3. The Hall–Kier alpha value is -2.95. The van der Waals surface area contributed by atoms with E-state index in [0.29, 0.717) is 12.1 Å². The number of benzene rings is 2. The number of hydrogen-bond donors (Lipinski definition) is 1. The number of carbonyl (C=O) groups excluding carboxylic acids is 2. The average Bonchev–Trinajstić information content (AvgIpc) is 2.92. The largest absolute Gasteiger partial charge is 0.350 e. The Morgan fingerprint density at radius 2 is 1.87 bits per heavy atom. The maximum absolute atomic E-state index is 12.8. The molecule has 4 nitrogen and oxygen atoms in total. The minimum atomic E-state index is -0.305. The summed E-state index contributed by atoms with van der Waals surface area (Å²) < 4.78 is 14.6. The summed E-state index contributed by atoms with van der Waals surface area (Å²) in [4.78, 5) is 23.2. The molecule has 1 amide bonds. The molecule has 0 atom stereocenters. The van der Waals surface area contributed by atoms with Crippen molar-refractivity contribution in [3.63, 3.8) is 0 Å². The molecule has 0 fully saturated rings. The summed E-state index contributed by atoms with van der Waals surface area (Å²) in [6.07, 6.45) is 2.46. The van der Waals surface area contributed by atoms with Gasteiger partial charge < -0.3 is 9.88 Å². The average molecular weight is 310 g/mol. The first-order valence-electron chi connectivity index (χ1n) is 7.21. The maximum atomic E-state index is 12.8. The monoisotopic (exact) mass is 310 g/mol. The Labute approximate surface area is 132 Å². The van der Waals surface area contributed by atoms with Crippen molar-refractivity contribution >= 4 is 23.1 Å². The molecule has 1 N–H and O–H groups in total. The number of carbonyl (C=O) groups is 2. The molecule has 5 heteroatoms. The van der Waals surface area contributed by atoms with Gasteiger partial charge in [-0.1, -0.05) is 30.3 Å². The van der Waals surface area contributed by atoms with Crippen LogP contribution in [-0.2, 0) is 17.9 Å². The quantitative estimate of drug-likeness (QED) is 0.737. The smallest absolute Gasteiger partial charge is 0.240 e. The molecule has 0 aliphatic heterocycles. The molecule has 0 radical (unpaired) electrons. The molecule has 0 spiro atoms. The van der Waals surface area contributed by atoms with Gasteiger partial charge in [-0.05, 0) is 23.8 Å². The predicted octanol–water partition coefficient (Wildman–Crippen LogP) is 2.91. The van der Waals surface area contributed by atoms with Crippen LogP contribution in [-0.4, -0.2) is 16.8 Å². The van der Waals surface area contributed by atoms with E-state index in [4.69, 9.17) is 0 Å². The molecule has 116 valence electrons. The van der Waals surface area contributed by atoms with Crippen LogP contribution in [0.25, 0.3) is 10.9 Å². The van der Waals surface area contributed by atoms with Crippen LogP contribution in [0.1, 0.15) is 15.9 Å². The lowest BCUT2D eigenvalue weighted by molar-refractivity contribution is -0.121. The maximum Gasteiger partial charge on any atom is 0.240 e. The summed E-state index contributed by atoms with van der Waals surface area (Å²) in [5, 5.41) is 3.62. The van der Waals surface area contributed by atoms with Gasteiger partial charge in [0.2, 0.25) is 5.91 Å². The Morgan fingerprint density at radius 3 is 2.61 bits per heavy atom. The highest BCUT2D eigenvalue weighted by Gasteiger charge is 2.10. The molecule has 3 aromatic rings. The topological polar surface area (TPSA) is 51.1 Å². The first-order valence-corrected chi connectivity index (χ1v) is 7.21. The number of amides is 1. The van der Waals surface area contributed by atoms with Crippen LogP contribution >= 0.6 is 0 Å². The highest BCUT2D eigenvalue weighted by molar-refractivity contribution is 5.98.